The molecule has 1 aliphatic rings. The van der Waals surface area contributed by atoms with Crippen LogP contribution in [0.3, 0.4) is 0 Å². The molecule has 0 fully saturated rings. The van der Waals surface area contributed by atoms with Crippen molar-refractivity contribution in [2.24, 2.45) is 5.73 Å². The van der Waals surface area contributed by atoms with Crippen molar-refractivity contribution in [1.82, 2.24) is 14.9 Å². The van der Waals surface area contributed by atoms with Crippen LogP contribution in [0.2, 0.25) is 0 Å². The van der Waals surface area contributed by atoms with Crippen molar-refractivity contribution >= 4 is 40.7 Å². The first kappa shape index (κ1) is 19.1. The number of hydrogen-bond acceptors (Lipinski definition) is 8. The van der Waals surface area contributed by atoms with Crippen molar-refractivity contribution < 1.29 is 14.3 Å². The van der Waals surface area contributed by atoms with E-state index in [4.69, 9.17) is 5.73 Å². The average molecular weight is 397 g/mol. The lowest BCUT2D eigenvalue weighted by Crippen LogP contribution is -2.41. The number of hydrogen-bond donors (Lipinski definition) is 2. The number of fused-ring (bicyclic) bond motifs is 1. The Hall–Kier alpha value is -3.71. The lowest BCUT2D eigenvalue weighted by Gasteiger charge is -2.24. The number of aromatic nitrogens is 2. The maximum atomic E-state index is 12.8. The SMILES string of the molecule is CNC(=O)C1=c2s/c(=C\C(=O)OC)c(=O)n2C(N)=C(C#N)[C@@H]1c1cccnc1. The van der Waals surface area contributed by atoms with Gasteiger partial charge in [-0.2, -0.15) is 5.26 Å². The van der Waals surface area contributed by atoms with Gasteiger partial charge in [-0.3, -0.25) is 19.1 Å². The molecular weight excluding hydrogens is 382 g/mol. The van der Waals surface area contributed by atoms with Crippen LogP contribution in [0, 0.1) is 11.3 Å². The number of nitrogens with zero attached hydrogens (tertiary/aromatic N) is 3. The Labute approximate surface area is 162 Å². The van der Waals surface area contributed by atoms with Gasteiger partial charge in [0.05, 0.1) is 30.2 Å². The van der Waals surface area contributed by atoms with Gasteiger partial charge in [-0.1, -0.05) is 6.07 Å². The summed E-state index contributed by atoms with van der Waals surface area (Å²) < 4.78 is 5.93. The largest absolute Gasteiger partial charge is 0.466 e. The van der Waals surface area contributed by atoms with Gasteiger partial charge in [-0.25, -0.2) is 4.79 Å². The molecule has 142 valence electrons. The highest BCUT2D eigenvalue weighted by Gasteiger charge is 2.35. The van der Waals surface area contributed by atoms with E-state index < -0.39 is 23.4 Å². The third-order valence-electron chi connectivity index (χ3n) is 4.21. The number of carbonyl (C=O) groups is 2. The third-order valence-corrected chi connectivity index (χ3v) is 5.32. The zero-order chi connectivity index (χ0) is 20.4. The van der Waals surface area contributed by atoms with E-state index in [0.29, 0.717) is 5.56 Å². The van der Waals surface area contributed by atoms with Crippen molar-refractivity contribution in [2.75, 3.05) is 14.2 Å². The second-order valence-corrected chi connectivity index (χ2v) is 6.73. The minimum atomic E-state index is -0.803. The summed E-state index contributed by atoms with van der Waals surface area (Å²) in [5, 5.41) is 12.3. The number of allylic oxidation sites excluding steroid dienone is 1. The van der Waals surface area contributed by atoms with Gasteiger partial charge in [0.25, 0.3) is 11.5 Å². The number of nitrogens with one attached hydrogen (secondary N) is 1. The molecule has 2 aromatic heterocycles. The molecular formula is C18H15N5O4S. The van der Waals surface area contributed by atoms with Crippen molar-refractivity contribution in [3.8, 4) is 6.07 Å². The van der Waals surface area contributed by atoms with E-state index in [1.807, 2.05) is 6.07 Å². The molecule has 0 saturated carbocycles. The Morgan fingerprint density at radius 3 is 2.82 bits per heavy atom. The van der Waals surface area contributed by atoms with E-state index in [9.17, 15) is 19.6 Å². The van der Waals surface area contributed by atoms with Crippen LogP contribution in [-0.2, 0) is 14.3 Å². The maximum absolute atomic E-state index is 12.8. The van der Waals surface area contributed by atoms with Gasteiger partial charge in [0.15, 0.2) is 0 Å². The molecule has 1 atom stereocenters. The van der Waals surface area contributed by atoms with Crippen LogP contribution in [0.25, 0.3) is 17.5 Å². The van der Waals surface area contributed by atoms with Crippen LogP contribution >= 0.6 is 11.3 Å². The summed E-state index contributed by atoms with van der Waals surface area (Å²) in [5.41, 5.74) is 6.33. The van der Waals surface area contributed by atoms with E-state index in [-0.39, 0.29) is 26.2 Å². The Bertz CT molecular complexity index is 1220. The monoisotopic (exact) mass is 397 g/mol. The van der Waals surface area contributed by atoms with Crippen LogP contribution in [0.15, 0.2) is 34.9 Å². The standard InChI is InChI=1S/C18H15N5O4S/c1-21-16(25)14-13(9-4-3-5-22-8-9)10(7-19)15(20)23-17(26)11(28-18(14)23)6-12(24)27-2/h3-6,8,13H,20H2,1-2H3,(H,21,25)/b11-6-/t13-/m0/s1. The van der Waals surface area contributed by atoms with Crippen molar-refractivity contribution in [3.63, 3.8) is 0 Å². The predicted molar refractivity (Wildman–Crippen MR) is 102 cm³/mol. The number of ether oxygens (including phenoxy) is 1. The number of pyridine rings is 1. The molecule has 3 heterocycles. The summed E-state index contributed by atoms with van der Waals surface area (Å²) in [6, 6.07) is 5.40. The van der Waals surface area contributed by atoms with Crippen LogP contribution in [0.5, 0.6) is 0 Å². The molecule has 9 nitrogen and oxygen atoms in total. The van der Waals surface area contributed by atoms with E-state index in [2.05, 4.69) is 15.0 Å². The lowest BCUT2D eigenvalue weighted by atomic mass is 9.84. The topological polar surface area (TPSA) is 140 Å². The fourth-order valence-electron chi connectivity index (χ4n) is 2.95. The lowest BCUT2D eigenvalue weighted by molar-refractivity contribution is -0.133. The minimum Gasteiger partial charge on any atom is -0.466 e. The molecule has 0 saturated heterocycles. The van der Waals surface area contributed by atoms with Crippen LogP contribution in [0.1, 0.15) is 11.5 Å². The zero-order valence-electron chi connectivity index (χ0n) is 14.9. The highest BCUT2D eigenvalue weighted by Crippen LogP contribution is 2.35. The molecule has 0 radical (unpaired) electrons. The van der Waals surface area contributed by atoms with Gasteiger partial charge in [0, 0.05) is 25.5 Å². The summed E-state index contributed by atoms with van der Waals surface area (Å²) >= 11 is 0.924. The summed E-state index contributed by atoms with van der Waals surface area (Å²) in [6.07, 6.45) is 4.12. The number of amides is 1. The number of carbonyl (C=O) groups excluding carboxylic acids is 2. The third kappa shape index (κ3) is 2.97. The zero-order valence-corrected chi connectivity index (χ0v) is 15.7. The second kappa shape index (κ2) is 7.50. The van der Waals surface area contributed by atoms with Crippen LogP contribution < -0.4 is 25.8 Å². The van der Waals surface area contributed by atoms with E-state index >= 15 is 0 Å². The highest BCUT2D eigenvalue weighted by molar-refractivity contribution is 7.07. The molecule has 0 unspecified atom stereocenters. The fraction of sp³-hybridized carbons (Fsp3) is 0.167. The molecule has 10 heteroatoms. The average Bonchev–Trinajstić information content (AvgIpc) is 3.03. The highest BCUT2D eigenvalue weighted by atomic mass is 32.1. The molecule has 1 aliphatic heterocycles. The van der Waals surface area contributed by atoms with Gasteiger partial charge < -0.3 is 15.8 Å². The molecule has 1 amide bonds. The maximum Gasteiger partial charge on any atom is 0.332 e. The fourth-order valence-corrected chi connectivity index (χ4v) is 4.08. The van der Waals surface area contributed by atoms with Gasteiger partial charge >= 0.3 is 5.97 Å². The van der Waals surface area contributed by atoms with Gasteiger partial charge in [-0.15, -0.1) is 11.3 Å². The van der Waals surface area contributed by atoms with Gasteiger partial charge in [-0.05, 0) is 11.6 Å². The van der Waals surface area contributed by atoms with E-state index in [0.717, 1.165) is 22.0 Å². The minimum absolute atomic E-state index is 0.0373. The number of rotatable bonds is 3. The molecule has 0 aromatic carbocycles. The molecule has 28 heavy (non-hydrogen) atoms. The summed E-state index contributed by atoms with van der Waals surface area (Å²) in [7, 11) is 2.63. The molecule has 0 aliphatic carbocycles. The molecule has 3 N–H and O–H groups in total. The molecule has 2 aromatic rings. The first-order chi connectivity index (χ1) is 13.4. The first-order valence-electron chi connectivity index (χ1n) is 8.02. The Morgan fingerprint density at radius 1 is 1.50 bits per heavy atom. The second-order valence-electron chi connectivity index (χ2n) is 5.70. The normalized spacial score (nSPS) is 16.4. The smallest absolute Gasteiger partial charge is 0.332 e. The number of nitrogens with two attached hydrogens (primary N) is 1. The van der Waals surface area contributed by atoms with Crippen LogP contribution in [-0.4, -0.2) is 35.6 Å². The quantitative estimate of drug-likeness (QED) is 0.607. The number of methoxy groups -OCH3 is 1. The summed E-state index contributed by atoms with van der Waals surface area (Å²) in [6.45, 7) is 0. The van der Waals surface area contributed by atoms with Crippen molar-refractivity contribution in [1.29, 1.82) is 5.26 Å². The molecule has 3 rings (SSSR count). The van der Waals surface area contributed by atoms with E-state index in [1.165, 1.54) is 20.4 Å². The van der Waals surface area contributed by atoms with Gasteiger partial charge in [0.2, 0.25) is 0 Å². The number of thiazole rings is 1. The molecule has 0 spiro atoms. The Kier molecular flexibility index (Phi) is 5.10. The van der Waals surface area contributed by atoms with Crippen molar-refractivity contribution in [3.05, 3.63) is 55.2 Å². The van der Waals surface area contributed by atoms with Gasteiger partial charge in [0.1, 0.15) is 15.0 Å². The van der Waals surface area contributed by atoms with E-state index in [1.54, 1.807) is 18.3 Å². The summed E-state index contributed by atoms with van der Waals surface area (Å²) in [5.74, 6) is -2.09. The molecule has 0 bridgehead atoms. The number of esters is 1. The predicted octanol–water partition coefficient (Wildman–Crippen LogP) is -1.40. The Morgan fingerprint density at radius 2 is 2.25 bits per heavy atom. The Balaban J connectivity index is 2.49. The summed E-state index contributed by atoms with van der Waals surface area (Å²) in [4.78, 5) is 41.2. The van der Waals surface area contributed by atoms with Crippen molar-refractivity contribution in [2.45, 2.75) is 5.92 Å². The number of nitriles is 1. The first-order valence-corrected chi connectivity index (χ1v) is 8.84. The van der Waals surface area contributed by atoms with Crippen LogP contribution in [0.4, 0.5) is 0 Å².